The predicted octanol–water partition coefficient (Wildman–Crippen LogP) is 5.60. The van der Waals surface area contributed by atoms with Crippen LogP contribution in [0.3, 0.4) is 0 Å². The minimum Gasteiger partial charge on any atom is -0.393 e. The Kier molecular flexibility index (Phi) is 5.54. The molecule has 3 atom stereocenters. The maximum Gasteiger partial charge on any atom is 0.245 e. The van der Waals surface area contributed by atoms with E-state index in [-0.39, 0.29) is 22.0 Å². The number of H-pyrrole nitrogens is 1. The SMILES string of the molecule is O=S(=O)(c1cc(-c2ncc(-c3ccc(Cl)c(C4CC4)c3)[nH]2)ccc1Cl)N1C2CC[C@@H]1CC(O)C2. The van der Waals surface area contributed by atoms with Crippen LogP contribution in [0.1, 0.15) is 50.0 Å². The summed E-state index contributed by atoms with van der Waals surface area (Å²) in [5.41, 5.74) is 3.65. The normalized spacial score (nSPS) is 25.1. The van der Waals surface area contributed by atoms with Crippen molar-refractivity contribution in [1.29, 1.82) is 0 Å². The minimum atomic E-state index is -3.81. The topological polar surface area (TPSA) is 86.3 Å². The first-order valence-electron chi connectivity index (χ1n) is 11.7. The third-order valence-electron chi connectivity index (χ3n) is 7.30. The molecule has 0 amide bonds. The zero-order chi connectivity index (χ0) is 23.6. The van der Waals surface area contributed by atoms with E-state index in [0.717, 1.165) is 47.5 Å². The number of aromatic nitrogens is 2. The summed E-state index contributed by atoms with van der Waals surface area (Å²) < 4.78 is 28.9. The fourth-order valence-corrected chi connectivity index (χ4v) is 8.16. The first-order valence-corrected chi connectivity index (χ1v) is 13.9. The van der Waals surface area contributed by atoms with E-state index in [2.05, 4.69) is 16.0 Å². The molecule has 2 unspecified atom stereocenters. The zero-order valence-electron chi connectivity index (χ0n) is 18.4. The lowest BCUT2D eigenvalue weighted by Gasteiger charge is -2.36. The summed E-state index contributed by atoms with van der Waals surface area (Å²) in [4.78, 5) is 7.93. The number of hydrogen-bond acceptors (Lipinski definition) is 4. The highest BCUT2D eigenvalue weighted by Crippen LogP contribution is 2.45. The van der Waals surface area contributed by atoms with Gasteiger partial charge in [0.25, 0.3) is 0 Å². The second-order valence-electron chi connectivity index (χ2n) is 9.65. The van der Waals surface area contributed by atoms with Crippen LogP contribution in [-0.2, 0) is 10.0 Å². The molecule has 0 radical (unpaired) electrons. The molecule has 9 heteroatoms. The Morgan fingerprint density at radius 2 is 1.62 bits per heavy atom. The van der Waals surface area contributed by atoms with Gasteiger partial charge in [-0.25, -0.2) is 13.4 Å². The van der Waals surface area contributed by atoms with Gasteiger partial charge in [-0.1, -0.05) is 29.3 Å². The summed E-state index contributed by atoms with van der Waals surface area (Å²) in [7, 11) is -3.81. The molecule has 2 aliphatic heterocycles. The molecule has 3 heterocycles. The molecule has 6 rings (SSSR count). The van der Waals surface area contributed by atoms with E-state index in [4.69, 9.17) is 23.2 Å². The van der Waals surface area contributed by atoms with Crippen molar-refractivity contribution in [3.05, 3.63) is 58.2 Å². The van der Waals surface area contributed by atoms with Gasteiger partial charge in [-0.05, 0) is 85.9 Å². The zero-order valence-corrected chi connectivity index (χ0v) is 20.7. The van der Waals surface area contributed by atoms with Gasteiger partial charge in [0, 0.05) is 22.7 Å². The number of aliphatic hydroxyl groups excluding tert-OH is 1. The molecule has 3 aliphatic rings. The van der Waals surface area contributed by atoms with Gasteiger partial charge >= 0.3 is 0 Å². The lowest BCUT2D eigenvalue weighted by atomic mass is 10.0. The first kappa shape index (κ1) is 22.6. The molecule has 3 aromatic rings. The molecular weight excluding hydrogens is 493 g/mol. The number of sulfonamides is 1. The van der Waals surface area contributed by atoms with E-state index in [1.807, 2.05) is 12.1 Å². The van der Waals surface area contributed by atoms with Crippen LogP contribution in [0, 0.1) is 0 Å². The van der Waals surface area contributed by atoms with E-state index < -0.39 is 16.1 Å². The maximum atomic E-state index is 13.6. The Morgan fingerprint density at radius 3 is 2.32 bits per heavy atom. The quantitative estimate of drug-likeness (QED) is 0.460. The Bertz CT molecular complexity index is 1360. The van der Waals surface area contributed by atoms with Gasteiger partial charge < -0.3 is 10.1 Å². The van der Waals surface area contributed by atoms with Crippen molar-refractivity contribution in [2.24, 2.45) is 0 Å². The van der Waals surface area contributed by atoms with Crippen LogP contribution < -0.4 is 0 Å². The number of piperidine rings is 1. The predicted molar refractivity (Wildman–Crippen MR) is 133 cm³/mol. The van der Waals surface area contributed by atoms with Gasteiger partial charge in [0.05, 0.1) is 23.0 Å². The van der Waals surface area contributed by atoms with E-state index in [1.54, 1.807) is 28.7 Å². The smallest absolute Gasteiger partial charge is 0.245 e. The van der Waals surface area contributed by atoms with Crippen molar-refractivity contribution in [3.63, 3.8) is 0 Å². The lowest BCUT2D eigenvalue weighted by molar-refractivity contribution is 0.0769. The Balaban J connectivity index is 1.33. The van der Waals surface area contributed by atoms with Crippen LogP contribution in [-0.4, -0.2) is 46.0 Å². The number of hydrogen-bond donors (Lipinski definition) is 2. The molecule has 2 bridgehead atoms. The standard InChI is InChI=1S/C25H25Cl2N3O3S/c26-21-7-3-15(9-20(21)14-1-2-14)23-13-28-25(29-23)16-4-8-22(27)24(10-16)34(32,33)30-17-5-6-18(30)12-19(31)11-17/h3-4,7-10,13-14,17-19,31H,1-2,5-6,11-12H2,(H,28,29)/t17-,18?,19?/m1/s1. The summed E-state index contributed by atoms with van der Waals surface area (Å²) >= 11 is 12.8. The molecule has 0 spiro atoms. The summed E-state index contributed by atoms with van der Waals surface area (Å²) in [6.07, 6.45) is 6.11. The molecule has 6 nitrogen and oxygen atoms in total. The highest BCUT2D eigenvalue weighted by molar-refractivity contribution is 7.89. The molecule has 2 saturated heterocycles. The average molecular weight is 518 g/mol. The number of halogens is 2. The largest absolute Gasteiger partial charge is 0.393 e. The average Bonchev–Trinajstić information content (AvgIpc) is 3.45. The van der Waals surface area contributed by atoms with Crippen molar-refractivity contribution in [3.8, 4) is 22.6 Å². The second kappa shape index (κ2) is 8.35. The minimum absolute atomic E-state index is 0.0837. The third-order valence-corrected chi connectivity index (χ3v) is 10.1. The molecule has 2 aromatic carbocycles. The fraction of sp³-hybridized carbons (Fsp3) is 0.400. The van der Waals surface area contributed by atoms with Crippen LogP contribution in [0.4, 0.5) is 0 Å². The number of aliphatic hydroxyl groups is 1. The van der Waals surface area contributed by atoms with E-state index >= 15 is 0 Å². The summed E-state index contributed by atoms with van der Waals surface area (Å²) in [6, 6.07) is 10.6. The summed E-state index contributed by atoms with van der Waals surface area (Å²) in [5, 5.41) is 11.1. The number of nitrogens with zero attached hydrogens (tertiary/aromatic N) is 2. The van der Waals surface area contributed by atoms with Gasteiger partial charge in [-0.2, -0.15) is 4.31 Å². The highest BCUT2D eigenvalue weighted by Gasteiger charge is 2.47. The van der Waals surface area contributed by atoms with Crippen LogP contribution in [0.25, 0.3) is 22.6 Å². The first-order chi connectivity index (χ1) is 16.3. The number of rotatable bonds is 5. The van der Waals surface area contributed by atoms with E-state index in [1.165, 1.54) is 0 Å². The van der Waals surface area contributed by atoms with Crippen molar-refractivity contribution >= 4 is 33.2 Å². The van der Waals surface area contributed by atoms with Crippen molar-refractivity contribution in [2.45, 2.75) is 67.5 Å². The summed E-state index contributed by atoms with van der Waals surface area (Å²) in [6.45, 7) is 0. The van der Waals surface area contributed by atoms with Gasteiger partial charge in [-0.3, -0.25) is 0 Å². The molecule has 1 saturated carbocycles. The Hall–Kier alpha value is -1.90. The number of fused-ring (bicyclic) bond motifs is 2. The Morgan fingerprint density at radius 1 is 0.941 bits per heavy atom. The third kappa shape index (κ3) is 3.88. The van der Waals surface area contributed by atoms with E-state index in [0.29, 0.717) is 30.1 Å². The molecule has 2 N–H and O–H groups in total. The molecule has 3 fully saturated rings. The Labute approximate surface area is 209 Å². The van der Waals surface area contributed by atoms with Gasteiger partial charge in [0.2, 0.25) is 10.0 Å². The second-order valence-corrected chi connectivity index (χ2v) is 12.3. The number of nitrogens with one attached hydrogen (secondary N) is 1. The molecule has 1 aromatic heterocycles. The molecule has 34 heavy (non-hydrogen) atoms. The van der Waals surface area contributed by atoms with Crippen LogP contribution in [0.5, 0.6) is 0 Å². The molecule has 1 aliphatic carbocycles. The van der Waals surface area contributed by atoms with Crippen LogP contribution in [0.2, 0.25) is 10.0 Å². The maximum absolute atomic E-state index is 13.6. The summed E-state index contributed by atoms with van der Waals surface area (Å²) in [5.74, 6) is 1.10. The van der Waals surface area contributed by atoms with Crippen LogP contribution in [0.15, 0.2) is 47.5 Å². The molecule has 178 valence electrons. The van der Waals surface area contributed by atoms with Crippen LogP contribution >= 0.6 is 23.2 Å². The van der Waals surface area contributed by atoms with Crippen molar-refractivity contribution < 1.29 is 13.5 Å². The van der Waals surface area contributed by atoms with Crippen molar-refractivity contribution in [2.75, 3.05) is 0 Å². The highest BCUT2D eigenvalue weighted by atomic mass is 35.5. The fourth-order valence-electron chi connectivity index (χ4n) is 5.49. The number of imidazole rings is 1. The van der Waals surface area contributed by atoms with Gasteiger partial charge in [-0.15, -0.1) is 0 Å². The van der Waals surface area contributed by atoms with Gasteiger partial charge in [0.15, 0.2) is 0 Å². The monoisotopic (exact) mass is 517 g/mol. The number of benzene rings is 2. The number of aromatic amines is 1. The van der Waals surface area contributed by atoms with Gasteiger partial charge in [0.1, 0.15) is 10.7 Å². The van der Waals surface area contributed by atoms with E-state index in [9.17, 15) is 13.5 Å². The molecular formula is C25H25Cl2N3O3S. The lowest BCUT2D eigenvalue weighted by Crippen LogP contribution is -2.47. The van der Waals surface area contributed by atoms with Crippen molar-refractivity contribution in [1.82, 2.24) is 14.3 Å².